The van der Waals surface area contributed by atoms with Crippen LogP contribution in [0.2, 0.25) is 0 Å². The van der Waals surface area contributed by atoms with Gasteiger partial charge in [-0.05, 0) is 25.0 Å². The molecule has 2 unspecified atom stereocenters. The monoisotopic (exact) mass is 278 g/mol. The van der Waals surface area contributed by atoms with E-state index in [1.165, 1.54) is 0 Å². The lowest BCUT2D eigenvalue weighted by Crippen LogP contribution is -2.48. The number of nitrogens with two attached hydrogens (primary N) is 1. The van der Waals surface area contributed by atoms with Crippen LogP contribution in [0.15, 0.2) is 18.3 Å². The lowest BCUT2D eigenvalue weighted by Gasteiger charge is -2.40. The van der Waals surface area contributed by atoms with Gasteiger partial charge in [-0.1, -0.05) is 0 Å². The van der Waals surface area contributed by atoms with Crippen LogP contribution < -0.4 is 16.0 Å². The van der Waals surface area contributed by atoms with Gasteiger partial charge in [0.2, 0.25) is 0 Å². The van der Waals surface area contributed by atoms with Crippen molar-refractivity contribution < 1.29 is 9.53 Å². The van der Waals surface area contributed by atoms with E-state index in [1.807, 2.05) is 12.1 Å². The fourth-order valence-corrected chi connectivity index (χ4v) is 2.64. The molecule has 1 aliphatic rings. The van der Waals surface area contributed by atoms with Crippen LogP contribution in [0.4, 0.5) is 5.69 Å². The first kappa shape index (κ1) is 14.7. The molecule has 1 saturated heterocycles. The van der Waals surface area contributed by atoms with E-state index >= 15 is 0 Å². The number of ether oxygens (including phenoxy) is 1. The SMILES string of the molecule is CNC(=O)c1cc(N2CCC(OC)CC2CN)ccn1. The molecule has 0 aromatic carbocycles. The molecule has 3 N–H and O–H groups in total. The summed E-state index contributed by atoms with van der Waals surface area (Å²) in [7, 11) is 3.34. The molecule has 6 heteroatoms. The van der Waals surface area contributed by atoms with E-state index in [1.54, 1.807) is 20.4 Å². The molecule has 0 radical (unpaired) electrons. The minimum atomic E-state index is -0.178. The van der Waals surface area contributed by atoms with Crippen LogP contribution in [0.5, 0.6) is 0 Å². The molecule has 0 spiro atoms. The van der Waals surface area contributed by atoms with Crippen LogP contribution in [0.25, 0.3) is 0 Å². The Kier molecular flexibility index (Phi) is 4.92. The molecule has 0 aliphatic carbocycles. The highest BCUT2D eigenvalue weighted by Gasteiger charge is 2.28. The first-order valence-corrected chi connectivity index (χ1v) is 6.87. The van der Waals surface area contributed by atoms with Gasteiger partial charge in [0.1, 0.15) is 5.69 Å². The number of amides is 1. The molecule has 110 valence electrons. The second-order valence-electron chi connectivity index (χ2n) is 4.94. The van der Waals surface area contributed by atoms with Crippen molar-refractivity contribution in [3.8, 4) is 0 Å². The zero-order valence-electron chi connectivity index (χ0n) is 12.0. The summed E-state index contributed by atoms with van der Waals surface area (Å²) in [5.41, 5.74) is 7.29. The number of nitrogens with one attached hydrogen (secondary N) is 1. The number of nitrogens with zero attached hydrogens (tertiary/aromatic N) is 2. The second-order valence-corrected chi connectivity index (χ2v) is 4.94. The summed E-state index contributed by atoms with van der Waals surface area (Å²) in [6, 6.07) is 3.96. The van der Waals surface area contributed by atoms with Crippen molar-refractivity contribution in [2.45, 2.75) is 25.0 Å². The van der Waals surface area contributed by atoms with Gasteiger partial charge in [0, 0.05) is 45.2 Å². The van der Waals surface area contributed by atoms with Gasteiger partial charge in [-0.3, -0.25) is 9.78 Å². The summed E-state index contributed by atoms with van der Waals surface area (Å²) >= 11 is 0. The van der Waals surface area contributed by atoms with E-state index in [4.69, 9.17) is 10.5 Å². The van der Waals surface area contributed by atoms with Crippen molar-refractivity contribution in [3.63, 3.8) is 0 Å². The topological polar surface area (TPSA) is 80.5 Å². The number of carbonyl (C=O) groups is 1. The maximum absolute atomic E-state index is 11.7. The molecule has 1 aliphatic heterocycles. The first-order chi connectivity index (χ1) is 9.69. The van der Waals surface area contributed by atoms with E-state index in [9.17, 15) is 4.79 Å². The van der Waals surface area contributed by atoms with Crippen LogP contribution in [-0.2, 0) is 4.74 Å². The molecular weight excluding hydrogens is 256 g/mol. The Morgan fingerprint density at radius 1 is 1.65 bits per heavy atom. The van der Waals surface area contributed by atoms with Crippen LogP contribution in [-0.4, -0.2) is 50.3 Å². The van der Waals surface area contributed by atoms with Crippen molar-refractivity contribution >= 4 is 11.6 Å². The van der Waals surface area contributed by atoms with Gasteiger partial charge in [-0.2, -0.15) is 0 Å². The van der Waals surface area contributed by atoms with Crippen molar-refractivity contribution in [1.29, 1.82) is 0 Å². The number of carbonyl (C=O) groups excluding carboxylic acids is 1. The normalized spacial score (nSPS) is 22.6. The van der Waals surface area contributed by atoms with E-state index in [2.05, 4.69) is 15.2 Å². The van der Waals surface area contributed by atoms with Gasteiger partial charge in [0.15, 0.2) is 0 Å². The van der Waals surface area contributed by atoms with Gasteiger partial charge in [0.05, 0.1) is 6.10 Å². The average molecular weight is 278 g/mol. The number of piperidine rings is 1. The fourth-order valence-electron chi connectivity index (χ4n) is 2.64. The maximum atomic E-state index is 11.7. The van der Waals surface area contributed by atoms with Gasteiger partial charge >= 0.3 is 0 Å². The van der Waals surface area contributed by atoms with Crippen LogP contribution >= 0.6 is 0 Å². The Morgan fingerprint density at radius 2 is 2.45 bits per heavy atom. The lowest BCUT2D eigenvalue weighted by molar-refractivity contribution is 0.0709. The smallest absolute Gasteiger partial charge is 0.269 e. The third-order valence-corrected chi connectivity index (χ3v) is 3.81. The largest absolute Gasteiger partial charge is 0.381 e. The van der Waals surface area contributed by atoms with E-state index < -0.39 is 0 Å². The number of hydrogen-bond acceptors (Lipinski definition) is 5. The Morgan fingerprint density at radius 3 is 3.10 bits per heavy atom. The third kappa shape index (κ3) is 3.08. The predicted molar refractivity (Wildman–Crippen MR) is 77.8 cm³/mol. The van der Waals surface area contributed by atoms with Crippen molar-refractivity contribution in [2.75, 3.05) is 32.1 Å². The zero-order valence-corrected chi connectivity index (χ0v) is 12.0. The quantitative estimate of drug-likeness (QED) is 0.832. The number of pyridine rings is 1. The lowest BCUT2D eigenvalue weighted by atomic mass is 9.98. The van der Waals surface area contributed by atoms with Gasteiger partial charge in [0.25, 0.3) is 5.91 Å². The van der Waals surface area contributed by atoms with Gasteiger partial charge in [-0.25, -0.2) is 0 Å². The van der Waals surface area contributed by atoms with Crippen LogP contribution in [0.1, 0.15) is 23.3 Å². The van der Waals surface area contributed by atoms with Crippen molar-refractivity contribution in [2.24, 2.45) is 5.73 Å². The first-order valence-electron chi connectivity index (χ1n) is 6.87. The molecule has 0 bridgehead atoms. The molecule has 1 amide bonds. The number of anilines is 1. The van der Waals surface area contributed by atoms with E-state index in [-0.39, 0.29) is 18.1 Å². The van der Waals surface area contributed by atoms with Gasteiger partial charge in [-0.15, -0.1) is 0 Å². The Bertz CT molecular complexity index is 466. The summed E-state index contributed by atoms with van der Waals surface area (Å²) in [5.74, 6) is -0.178. The summed E-state index contributed by atoms with van der Waals surface area (Å²) < 4.78 is 5.43. The molecule has 1 aromatic rings. The predicted octanol–water partition coefficient (Wildman–Crippen LogP) is 0.384. The number of methoxy groups -OCH3 is 1. The summed E-state index contributed by atoms with van der Waals surface area (Å²) in [5, 5.41) is 2.59. The summed E-state index contributed by atoms with van der Waals surface area (Å²) in [6.07, 6.45) is 3.80. The molecular formula is C14H22N4O2. The van der Waals surface area contributed by atoms with Crippen molar-refractivity contribution in [1.82, 2.24) is 10.3 Å². The minimum absolute atomic E-state index is 0.178. The molecule has 0 saturated carbocycles. The maximum Gasteiger partial charge on any atom is 0.269 e. The van der Waals surface area contributed by atoms with E-state index in [0.29, 0.717) is 12.2 Å². The molecule has 20 heavy (non-hydrogen) atoms. The van der Waals surface area contributed by atoms with Crippen LogP contribution in [0.3, 0.4) is 0 Å². The number of rotatable bonds is 4. The third-order valence-electron chi connectivity index (χ3n) is 3.81. The minimum Gasteiger partial charge on any atom is -0.381 e. The number of aromatic nitrogens is 1. The summed E-state index contributed by atoms with van der Waals surface area (Å²) in [6.45, 7) is 1.44. The van der Waals surface area contributed by atoms with Crippen molar-refractivity contribution in [3.05, 3.63) is 24.0 Å². The fraction of sp³-hybridized carbons (Fsp3) is 0.571. The molecule has 1 fully saturated rings. The number of hydrogen-bond donors (Lipinski definition) is 2. The van der Waals surface area contributed by atoms with Crippen LogP contribution in [0, 0.1) is 0 Å². The average Bonchev–Trinajstić information content (AvgIpc) is 2.53. The Balaban J connectivity index is 2.19. The highest BCUT2D eigenvalue weighted by atomic mass is 16.5. The van der Waals surface area contributed by atoms with E-state index in [0.717, 1.165) is 25.1 Å². The zero-order chi connectivity index (χ0) is 14.5. The second kappa shape index (κ2) is 6.67. The summed E-state index contributed by atoms with van der Waals surface area (Å²) in [4.78, 5) is 18.0. The molecule has 2 rings (SSSR count). The van der Waals surface area contributed by atoms with Gasteiger partial charge < -0.3 is 20.7 Å². The Labute approximate surface area is 119 Å². The highest BCUT2D eigenvalue weighted by Crippen LogP contribution is 2.25. The molecule has 2 atom stereocenters. The molecule has 1 aromatic heterocycles. The highest BCUT2D eigenvalue weighted by molar-refractivity contribution is 5.92. The standard InChI is InChI=1S/C14H22N4O2/c1-16-14(19)13-8-10(3-5-17-13)18-6-4-12(20-2)7-11(18)9-15/h3,5,8,11-12H,4,6-7,9,15H2,1-2H3,(H,16,19). The molecule has 2 heterocycles. The Hall–Kier alpha value is -1.66. The molecule has 6 nitrogen and oxygen atoms in total.